The molecule has 0 aromatic rings. The second-order valence-corrected chi connectivity index (χ2v) is 6.27. The molecule has 0 saturated heterocycles. The minimum Gasteiger partial charge on any atom is -0.326 e. The molecule has 0 amide bonds. The van der Waals surface area contributed by atoms with Gasteiger partial charge in [0.25, 0.3) is 0 Å². The van der Waals surface area contributed by atoms with Crippen molar-refractivity contribution < 1.29 is 4.48 Å². The molecule has 0 radical (unpaired) electrons. The molecule has 0 aliphatic rings. The van der Waals surface area contributed by atoms with Crippen LogP contribution >= 0.6 is 0 Å². The van der Waals surface area contributed by atoms with Crippen LogP contribution in [0.4, 0.5) is 0 Å². The quantitative estimate of drug-likeness (QED) is 0.306. The molecular formula is C17H38N+. The third-order valence-corrected chi connectivity index (χ3v) is 4.15. The molecule has 0 N–H and O–H groups in total. The monoisotopic (exact) mass is 256 g/mol. The maximum absolute atomic E-state index is 2.48. The van der Waals surface area contributed by atoms with E-state index in [-0.39, 0.29) is 0 Å². The summed E-state index contributed by atoms with van der Waals surface area (Å²) in [6, 6.07) is 0. The molecule has 0 aromatic carbocycles. The van der Waals surface area contributed by atoms with Gasteiger partial charge >= 0.3 is 0 Å². The Kier molecular flexibility index (Phi) is 12.0. The van der Waals surface area contributed by atoms with E-state index >= 15 is 0 Å². The van der Waals surface area contributed by atoms with Crippen LogP contribution < -0.4 is 0 Å². The Morgan fingerprint density at radius 2 is 0.889 bits per heavy atom. The number of unbranched alkanes of at least 4 members (excludes halogenated alkanes) is 7. The van der Waals surface area contributed by atoms with Gasteiger partial charge in [0.15, 0.2) is 0 Å². The fourth-order valence-electron chi connectivity index (χ4n) is 2.69. The molecule has 0 fully saturated rings. The van der Waals surface area contributed by atoms with Gasteiger partial charge in [0.2, 0.25) is 0 Å². The summed E-state index contributed by atoms with van der Waals surface area (Å²) in [4.78, 5) is 0. The highest BCUT2D eigenvalue weighted by molar-refractivity contribution is 4.47. The van der Waals surface area contributed by atoms with Crippen LogP contribution in [-0.2, 0) is 0 Å². The molecule has 18 heavy (non-hydrogen) atoms. The maximum atomic E-state index is 2.48. The van der Waals surface area contributed by atoms with Crippen LogP contribution in [0.2, 0.25) is 0 Å². The molecule has 110 valence electrons. The molecular weight excluding hydrogens is 218 g/mol. The Bertz CT molecular complexity index is 157. The van der Waals surface area contributed by atoms with Crippen molar-refractivity contribution in [1.82, 2.24) is 0 Å². The first-order valence-corrected chi connectivity index (χ1v) is 8.52. The summed E-state index contributed by atoms with van der Waals surface area (Å²) in [5, 5.41) is 0. The van der Waals surface area contributed by atoms with E-state index < -0.39 is 0 Å². The highest BCUT2D eigenvalue weighted by Gasteiger charge is 2.19. The van der Waals surface area contributed by atoms with Crippen molar-refractivity contribution in [1.29, 1.82) is 0 Å². The summed E-state index contributed by atoms with van der Waals surface area (Å²) in [6.07, 6.45) is 14.1. The van der Waals surface area contributed by atoms with E-state index in [1.807, 2.05) is 0 Å². The third-order valence-electron chi connectivity index (χ3n) is 4.15. The van der Waals surface area contributed by atoms with Gasteiger partial charge in [0, 0.05) is 0 Å². The number of quaternary nitrogens is 1. The molecule has 0 atom stereocenters. The second-order valence-electron chi connectivity index (χ2n) is 6.27. The second kappa shape index (κ2) is 12.0. The van der Waals surface area contributed by atoms with Gasteiger partial charge in [-0.05, 0) is 25.7 Å². The molecule has 0 unspecified atom stereocenters. The van der Waals surface area contributed by atoms with Gasteiger partial charge in [-0.3, -0.25) is 0 Å². The lowest BCUT2D eigenvalue weighted by atomic mass is 10.1. The normalized spacial score (nSPS) is 12.0. The molecule has 0 saturated carbocycles. The largest absolute Gasteiger partial charge is 0.326 e. The van der Waals surface area contributed by atoms with Gasteiger partial charge in [0.1, 0.15) is 0 Å². The standard InChI is InChI=1S/C17H38N/c1-5-8-11-12-13-14-17-18(4,15-9-6-2)16-10-7-3/h5-17H2,1-4H3/q+1. The van der Waals surface area contributed by atoms with Crippen molar-refractivity contribution in [2.24, 2.45) is 0 Å². The number of hydrogen-bond donors (Lipinski definition) is 0. The van der Waals surface area contributed by atoms with Crippen LogP contribution in [0.1, 0.15) is 85.0 Å². The van der Waals surface area contributed by atoms with Gasteiger partial charge in [0.05, 0.1) is 26.7 Å². The molecule has 0 aliphatic carbocycles. The molecule has 0 aromatic heterocycles. The number of nitrogens with zero attached hydrogens (tertiary/aromatic N) is 1. The Labute approximate surface area is 117 Å². The zero-order valence-electron chi connectivity index (χ0n) is 13.6. The van der Waals surface area contributed by atoms with E-state index in [9.17, 15) is 0 Å². The van der Waals surface area contributed by atoms with Crippen LogP contribution in [0.5, 0.6) is 0 Å². The first-order valence-electron chi connectivity index (χ1n) is 8.52. The van der Waals surface area contributed by atoms with Gasteiger partial charge in [-0.15, -0.1) is 0 Å². The highest BCUT2D eigenvalue weighted by atomic mass is 15.3. The van der Waals surface area contributed by atoms with E-state index in [1.54, 1.807) is 0 Å². The van der Waals surface area contributed by atoms with Crippen molar-refractivity contribution >= 4 is 0 Å². The molecule has 1 nitrogen and oxygen atoms in total. The van der Waals surface area contributed by atoms with Crippen molar-refractivity contribution in [3.8, 4) is 0 Å². The average molecular weight is 256 g/mol. The average Bonchev–Trinajstić information content (AvgIpc) is 2.38. The minimum atomic E-state index is 1.33. The topological polar surface area (TPSA) is 0 Å². The lowest BCUT2D eigenvalue weighted by Gasteiger charge is -2.35. The van der Waals surface area contributed by atoms with Gasteiger partial charge in [-0.1, -0.05) is 59.3 Å². The Balaban J connectivity index is 3.77. The van der Waals surface area contributed by atoms with Crippen molar-refractivity contribution in [2.75, 3.05) is 26.7 Å². The van der Waals surface area contributed by atoms with Gasteiger partial charge in [-0.25, -0.2) is 0 Å². The zero-order chi connectivity index (χ0) is 13.7. The van der Waals surface area contributed by atoms with Gasteiger partial charge in [-0.2, -0.15) is 0 Å². The van der Waals surface area contributed by atoms with E-state index in [0.29, 0.717) is 0 Å². The number of hydrogen-bond acceptors (Lipinski definition) is 0. The Morgan fingerprint density at radius 1 is 0.500 bits per heavy atom. The first-order chi connectivity index (χ1) is 8.68. The molecule has 0 bridgehead atoms. The lowest BCUT2D eigenvalue weighted by molar-refractivity contribution is -0.910. The molecule has 0 heterocycles. The molecule has 0 rings (SSSR count). The van der Waals surface area contributed by atoms with E-state index in [2.05, 4.69) is 27.8 Å². The van der Waals surface area contributed by atoms with Crippen LogP contribution in [0.25, 0.3) is 0 Å². The van der Waals surface area contributed by atoms with Crippen LogP contribution in [0, 0.1) is 0 Å². The van der Waals surface area contributed by atoms with Crippen LogP contribution in [-0.4, -0.2) is 31.2 Å². The fraction of sp³-hybridized carbons (Fsp3) is 1.00. The summed E-state index contributed by atoms with van der Waals surface area (Å²) in [6.45, 7) is 11.1. The summed E-state index contributed by atoms with van der Waals surface area (Å²) in [5.41, 5.74) is 0. The van der Waals surface area contributed by atoms with E-state index in [1.165, 1.54) is 88.3 Å². The Hall–Kier alpha value is -0.0400. The van der Waals surface area contributed by atoms with Crippen LogP contribution in [0.3, 0.4) is 0 Å². The summed E-state index contributed by atoms with van der Waals surface area (Å²) < 4.78 is 1.33. The molecule has 1 heteroatoms. The summed E-state index contributed by atoms with van der Waals surface area (Å²) >= 11 is 0. The number of rotatable bonds is 13. The third kappa shape index (κ3) is 9.94. The van der Waals surface area contributed by atoms with Crippen molar-refractivity contribution in [3.05, 3.63) is 0 Å². The predicted octanol–water partition coefficient (Wildman–Crippen LogP) is 5.39. The lowest BCUT2D eigenvalue weighted by Crippen LogP contribution is -2.46. The predicted molar refractivity (Wildman–Crippen MR) is 84.0 cm³/mol. The minimum absolute atomic E-state index is 1.33. The van der Waals surface area contributed by atoms with E-state index in [0.717, 1.165) is 0 Å². The first kappa shape index (κ1) is 18.0. The zero-order valence-corrected chi connectivity index (χ0v) is 13.6. The van der Waals surface area contributed by atoms with Crippen LogP contribution in [0.15, 0.2) is 0 Å². The SMILES string of the molecule is CCCCCCCC[N+](C)(CCCC)CCCC. The van der Waals surface area contributed by atoms with E-state index in [4.69, 9.17) is 0 Å². The van der Waals surface area contributed by atoms with Crippen molar-refractivity contribution in [2.45, 2.75) is 85.0 Å². The molecule has 0 aliphatic heterocycles. The summed E-state index contributed by atoms with van der Waals surface area (Å²) in [7, 11) is 2.48. The smallest absolute Gasteiger partial charge is 0.0784 e. The highest BCUT2D eigenvalue weighted by Crippen LogP contribution is 2.13. The Morgan fingerprint density at radius 3 is 1.39 bits per heavy atom. The maximum Gasteiger partial charge on any atom is 0.0784 e. The van der Waals surface area contributed by atoms with Gasteiger partial charge < -0.3 is 4.48 Å². The summed E-state index contributed by atoms with van der Waals surface area (Å²) in [5.74, 6) is 0. The van der Waals surface area contributed by atoms with Crippen molar-refractivity contribution in [3.63, 3.8) is 0 Å². The fourth-order valence-corrected chi connectivity index (χ4v) is 2.69. The molecule has 0 spiro atoms.